The molecule has 3 heteroatoms. The van der Waals surface area contributed by atoms with Crippen LogP contribution >= 0.6 is 0 Å². The summed E-state index contributed by atoms with van der Waals surface area (Å²) in [4.78, 5) is 2.50. The molecule has 0 amide bonds. The van der Waals surface area contributed by atoms with Crippen molar-refractivity contribution >= 4 is 0 Å². The first-order valence-electron chi connectivity index (χ1n) is 6.84. The van der Waals surface area contributed by atoms with E-state index in [4.69, 9.17) is 5.73 Å². The summed E-state index contributed by atoms with van der Waals surface area (Å²) in [5.41, 5.74) is 10.1. The zero-order chi connectivity index (χ0) is 12.4. The van der Waals surface area contributed by atoms with Crippen molar-refractivity contribution in [3.63, 3.8) is 0 Å². The number of fused-ring (bicyclic) bond motifs is 1. The van der Waals surface area contributed by atoms with Gasteiger partial charge in [0, 0.05) is 24.4 Å². The third kappa shape index (κ3) is 2.10. The highest BCUT2D eigenvalue weighted by Crippen LogP contribution is 2.27. The Bertz CT molecular complexity index is 453. The standard InChI is InChI=1S/C15H21N3/c16-8-7-15-10-17-11-18(15)14-6-5-12-3-1-2-4-13(12)9-14/h1-4,10,14,17H,5-9,11,16H2/t14-/m0/s1. The fourth-order valence-electron chi connectivity index (χ4n) is 3.12. The number of nitrogens with one attached hydrogen (secondary N) is 1. The Kier molecular flexibility index (Phi) is 3.24. The quantitative estimate of drug-likeness (QED) is 0.847. The molecule has 0 radical (unpaired) electrons. The van der Waals surface area contributed by atoms with Gasteiger partial charge < -0.3 is 16.0 Å². The second kappa shape index (κ2) is 5.02. The molecule has 1 aromatic carbocycles. The molecule has 1 aromatic rings. The Hall–Kier alpha value is -1.48. The van der Waals surface area contributed by atoms with Gasteiger partial charge in [-0.3, -0.25) is 0 Å². The lowest BCUT2D eigenvalue weighted by molar-refractivity contribution is 0.237. The van der Waals surface area contributed by atoms with E-state index in [1.54, 1.807) is 0 Å². The summed E-state index contributed by atoms with van der Waals surface area (Å²) in [7, 11) is 0. The van der Waals surface area contributed by atoms with Gasteiger partial charge in [0.2, 0.25) is 0 Å². The predicted molar refractivity (Wildman–Crippen MR) is 73.9 cm³/mol. The lowest BCUT2D eigenvalue weighted by Crippen LogP contribution is -2.39. The van der Waals surface area contributed by atoms with Gasteiger partial charge in [-0.15, -0.1) is 0 Å². The first-order chi connectivity index (χ1) is 8.88. The Balaban J connectivity index is 1.74. The molecule has 18 heavy (non-hydrogen) atoms. The fraction of sp³-hybridized carbons (Fsp3) is 0.467. The third-order valence-electron chi connectivity index (χ3n) is 4.06. The molecule has 3 rings (SSSR count). The van der Waals surface area contributed by atoms with Crippen molar-refractivity contribution in [2.45, 2.75) is 31.7 Å². The largest absolute Gasteiger partial charge is 0.372 e. The van der Waals surface area contributed by atoms with E-state index in [1.165, 1.54) is 36.1 Å². The first kappa shape index (κ1) is 11.6. The van der Waals surface area contributed by atoms with Crippen molar-refractivity contribution in [3.05, 3.63) is 47.3 Å². The van der Waals surface area contributed by atoms with Crippen molar-refractivity contribution in [1.29, 1.82) is 0 Å². The highest BCUT2D eigenvalue weighted by molar-refractivity contribution is 5.31. The van der Waals surface area contributed by atoms with Gasteiger partial charge in [0.25, 0.3) is 0 Å². The van der Waals surface area contributed by atoms with Crippen molar-refractivity contribution in [2.24, 2.45) is 5.73 Å². The van der Waals surface area contributed by atoms with Gasteiger partial charge in [-0.1, -0.05) is 24.3 Å². The van der Waals surface area contributed by atoms with Crippen LogP contribution in [0.1, 0.15) is 24.0 Å². The van der Waals surface area contributed by atoms with Gasteiger partial charge in [0.15, 0.2) is 0 Å². The SMILES string of the molecule is NCCC1=CNCN1[C@H]1CCc2ccccc2C1. The predicted octanol–water partition coefficient (Wildman–Crippen LogP) is 1.60. The lowest BCUT2D eigenvalue weighted by atomic mass is 9.87. The van der Waals surface area contributed by atoms with Gasteiger partial charge >= 0.3 is 0 Å². The highest BCUT2D eigenvalue weighted by atomic mass is 15.3. The number of nitrogens with two attached hydrogens (primary N) is 1. The van der Waals surface area contributed by atoms with Gasteiger partial charge in [-0.05, 0) is 36.9 Å². The second-order valence-electron chi connectivity index (χ2n) is 5.17. The number of hydrogen-bond acceptors (Lipinski definition) is 3. The van der Waals surface area contributed by atoms with Gasteiger partial charge in [-0.2, -0.15) is 0 Å². The average Bonchev–Trinajstić information content (AvgIpc) is 2.87. The van der Waals surface area contributed by atoms with Crippen LogP contribution in [0.5, 0.6) is 0 Å². The number of benzene rings is 1. The summed E-state index contributed by atoms with van der Waals surface area (Å²) in [5, 5.41) is 3.34. The maximum absolute atomic E-state index is 5.68. The normalized spacial score (nSPS) is 22.4. The summed E-state index contributed by atoms with van der Waals surface area (Å²) in [6, 6.07) is 9.48. The highest BCUT2D eigenvalue weighted by Gasteiger charge is 2.26. The lowest BCUT2D eigenvalue weighted by Gasteiger charge is -2.35. The molecule has 2 aliphatic rings. The molecule has 96 valence electrons. The van der Waals surface area contributed by atoms with Crippen LogP contribution in [-0.2, 0) is 12.8 Å². The van der Waals surface area contributed by atoms with E-state index in [0.29, 0.717) is 6.04 Å². The van der Waals surface area contributed by atoms with Gasteiger partial charge in [-0.25, -0.2) is 0 Å². The first-order valence-corrected chi connectivity index (χ1v) is 6.84. The zero-order valence-corrected chi connectivity index (χ0v) is 10.7. The molecule has 0 saturated heterocycles. The van der Waals surface area contributed by atoms with E-state index in [2.05, 4.69) is 40.7 Å². The minimum absolute atomic E-state index is 0.632. The molecule has 3 N–H and O–H groups in total. The molecule has 1 aliphatic carbocycles. The summed E-state index contributed by atoms with van der Waals surface area (Å²) in [6.45, 7) is 1.68. The molecular weight excluding hydrogens is 222 g/mol. The Morgan fingerprint density at radius 2 is 2.11 bits per heavy atom. The number of nitrogens with zero attached hydrogens (tertiary/aromatic N) is 1. The third-order valence-corrected chi connectivity index (χ3v) is 4.06. The maximum Gasteiger partial charge on any atom is 0.0872 e. The Morgan fingerprint density at radius 1 is 1.28 bits per heavy atom. The van der Waals surface area contributed by atoms with Crippen molar-refractivity contribution < 1.29 is 0 Å². The molecule has 1 aliphatic heterocycles. The second-order valence-corrected chi connectivity index (χ2v) is 5.17. The van der Waals surface area contributed by atoms with Crippen LogP contribution in [0, 0.1) is 0 Å². The summed E-state index contributed by atoms with van der Waals surface area (Å²) >= 11 is 0. The zero-order valence-electron chi connectivity index (χ0n) is 10.7. The van der Waals surface area contributed by atoms with E-state index < -0.39 is 0 Å². The number of rotatable bonds is 3. The molecule has 3 nitrogen and oxygen atoms in total. The van der Waals surface area contributed by atoms with Crippen molar-refractivity contribution in [3.8, 4) is 0 Å². The Morgan fingerprint density at radius 3 is 2.94 bits per heavy atom. The fourth-order valence-corrected chi connectivity index (χ4v) is 3.12. The maximum atomic E-state index is 5.68. The molecule has 1 atom stereocenters. The minimum atomic E-state index is 0.632. The topological polar surface area (TPSA) is 41.3 Å². The van der Waals surface area contributed by atoms with Gasteiger partial charge in [0.1, 0.15) is 0 Å². The van der Waals surface area contributed by atoms with E-state index in [-0.39, 0.29) is 0 Å². The Labute approximate surface area is 109 Å². The molecular formula is C15H21N3. The van der Waals surface area contributed by atoms with Crippen LogP contribution in [-0.4, -0.2) is 24.2 Å². The summed E-state index contributed by atoms with van der Waals surface area (Å²) in [5.74, 6) is 0. The molecule has 0 bridgehead atoms. The molecule has 0 unspecified atom stereocenters. The van der Waals surface area contributed by atoms with Crippen LogP contribution in [0.2, 0.25) is 0 Å². The molecule has 0 fully saturated rings. The molecule has 0 saturated carbocycles. The van der Waals surface area contributed by atoms with Crippen LogP contribution in [0.4, 0.5) is 0 Å². The van der Waals surface area contributed by atoms with Crippen LogP contribution < -0.4 is 11.1 Å². The van der Waals surface area contributed by atoms with Crippen molar-refractivity contribution in [2.75, 3.05) is 13.2 Å². The van der Waals surface area contributed by atoms with E-state index in [9.17, 15) is 0 Å². The van der Waals surface area contributed by atoms with Crippen LogP contribution in [0.15, 0.2) is 36.2 Å². The van der Waals surface area contributed by atoms with E-state index >= 15 is 0 Å². The van der Waals surface area contributed by atoms with Gasteiger partial charge in [0.05, 0.1) is 6.67 Å². The monoisotopic (exact) mass is 243 g/mol. The number of hydrogen-bond donors (Lipinski definition) is 2. The molecule has 0 aromatic heterocycles. The summed E-state index contributed by atoms with van der Waals surface area (Å²) in [6.07, 6.45) is 6.73. The minimum Gasteiger partial charge on any atom is -0.372 e. The number of aryl methyl sites for hydroxylation is 1. The van der Waals surface area contributed by atoms with Crippen LogP contribution in [0.25, 0.3) is 0 Å². The van der Waals surface area contributed by atoms with E-state index in [1.807, 2.05) is 0 Å². The van der Waals surface area contributed by atoms with E-state index in [0.717, 1.165) is 19.6 Å². The van der Waals surface area contributed by atoms with Crippen molar-refractivity contribution in [1.82, 2.24) is 10.2 Å². The smallest absolute Gasteiger partial charge is 0.0872 e. The average molecular weight is 243 g/mol. The summed E-state index contributed by atoms with van der Waals surface area (Å²) < 4.78 is 0. The van der Waals surface area contributed by atoms with Crippen LogP contribution in [0.3, 0.4) is 0 Å². The molecule has 0 spiro atoms. The molecule has 1 heterocycles.